The SMILES string of the molecule is CCCCCCC(CCCCCC)=C1c2cc(B3OC(C)(C)C(C)(C)O3)ccc2-c2ccc(B3OC(C)(C)C(C)(C)O3)cc21. The van der Waals surface area contributed by atoms with Crippen molar-refractivity contribution < 1.29 is 18.6 Å². The summed E-state index contributed by atoms with van der Waals surface area (Å²) in [7, 11) is -0.763. The van der Waals surface area contributed by atoms with Crippen molar-refractivity contribution >= 4 is 30.7 Å². The highest BCUT2D eigenvalue weighted by molar-refractivity contribution is 6.62. The molecule has 4 nitrogen and oxygen atoms in total. The lowest BCUT2D eigenvalue weighted by Gasteiger charge is -2.32. The van der Waals surface area contributed by atoms with Crippen LogP contribution in [0.1, 0.15) is 145 Å². The van der Waals surface area contributed by atoms with Crippen molar-refractivity contribution in [2.45, 2.75) is 156 Å². The third kappa shape index (κ3) is 6.39. The Morgan fingerprint density at radius 1 is 0.500 bits per heavy atom. The van der Waals surface area contributed by atoms with Crippen LogP contribution >= 0.6 is 0 Å². The standard InChI is InChI=1S/C38H56B2O4/c1-11-13-15-17-19-27(20-18-16-14-12-2)34-32-25-28(39-41-35(3,4)36(5,6)42-39)21-23-30(32)31-24-22-29(26-33(31)34)40-43-37(7,8)38(9,10)44-40/h21-26H,11-20H2,1-10H3. The van der Waals surface area contributed by atoms with Gasteiger partial charge < -0.3 is 18.6 Å². The minimum atomic E-state index is -0.381. The van der Waals surface area contributed by atoms with Crippen molar-refractivity contribution in [3.05, 3.63) is 53.1 Å². The average molecular weight is 598 g/mol. The number of rotatable bonds is 12. The maximum absolute atomic E-state index is 6.52. The molecule has 2 aromatic rings. The smallest absolute Gasteiger partial charge is 0.399 e. The number of fused-ring (bicyclic) bond motifs is 3. The molecule has 0 saturated carbocycles. The first-order valence-electron chi connectivity index (χ1n) is 17.4. The second-order valence-electron chi connectivity index (χ2n) is 15.4. The molecule has 238 valence electrons. The summed E-state index contributed by atoms with van der Waals surface area (Å²) in [6, 6.07) is 13.7. The van der Waals surface area contributed by atoms with Gasteiger partial charge in [0.15, 0.2) is 0 Å². The molecule has 3 aliphatic rings. The van der Waals surface area contributed by atoms with E-state index in [4.69, 9.17) is 18.6 Å². The summed E-state index contributed by atoms with van der Waals surface area (Å²) >= 11 is 0. The zero-order valence-corrected chi connectivity index (χ0v) is 29.3. The van der Waals surface area contributed by atoms with Gasteiger partial charge in [-0.15, -0.1) is 0 Å². The highest BCUT2D eigenvalue weighted by atomic mass is 16.7. The zero-order valence-electron chi connectivity index (χ0n) is 29.3. The first-order valence-corrected chi connectivity index (χ1v) is 17.4. The third-order valence-electron chi connectivity index (χ3n) is 11.0. The van der Waals surface area contributed by atoms with Crippen LogP contribution in [0.25, 0.3) is 16.7 Å². The van der Waals surface area contributed by atoms with Crippen LogP contribution in [0.5, 0.6) is 0 Å². The van der Waals surface area contributed by atoms with Gasteiger partial charge in [0, 0.05) is 0 Å². The molecule has 0 N–H and O–H groups in total. The molecule has 2 heterocycles. The van der Waals surface area contributed by atoms with Crippen molar-refractivity contribution in [1.29, 1.82) is 0 Å². The second-order valence-corrected chi connectivity index (χ2v) is 15.4. The van der Waals surface area contributed by atoms with Crippen LogP contribution in [0.15, 0.2) is 42.0 Å². The van der Waals surface area contributed by atoms with E-state index in [2.05, 4.69) is 106 Å². The minimum absolute atomic E-state index is 0.375. The first kappa shape index (κ1) is 33.5. The fourth-order valence-corrected chi connectivity index (χ4v) is 6.69. The Labute approximate surface area is 269 Å². The van der Waals surface area contributed by atoms with Crippen molar-refractivity contribution in [2.75, 3.05) is 0 Å². The monoisotopic (exact) mass is 598 g/mol. The molecule has 0 bridgehead atoms. The molecule has 2 fully saturated rings. The number of unbranched alkanes of at least 4 members (excludes halogenated alkanes) is 6. The highest BCUT2D eigenvalue weighted by Crippen LogP contribution is 2.48. The zero-order chi connectivity index (χ0) is 31.9. The van der Waals surface area contributed by atoms with Crippen molar-refractivity contribution in [3.8, 4) is 11.1 Å². The lowest BCUT2D eigenvalue weighted by Crippen LogP contribution is -2.41. The van der Waals surface area contributed by atoms with Crippen molar-refractivity contribution in [3.63, 3.8) is 0 Å². The third-order valence-corrected chi connectivity index (χ3v) is 11.0. The van der Waals surface area contributed by atoms with Gasteiger partial charge >= 0.3 is 14.2 Å². The summed E-state index contributed by atoms with van der Waals surface area (Å²) in [5, 5.41) is 0. The van der Waals surface area contributed by atoms with E-state index in [0.717, 1.165) is 23.8 Å². The Kier molecular flexibility index (Phi) is 9.71. The van der Waals surface area contributed by atoms with Crippen LogP contribution in [-0.2, 0) is 18.6 Å². The molecule has 0 amide bonds. The van der Waals surface area contributed by atoms with E-state index in [1.54, 1.807) is 5.57 Å². The quantitative estimate of drug-likeness (QED) is 0.154. The van der Waals surface area contributed by atoms with Crippen molar-refractivity contribution in [1.82, 2.24) is 0 Å². The normalized spacial score (nSPS) is 20.7. The molecule has 2 saturated heterocycles. The Hall–Kier alpha value is -1.85. The molecule has 1 aliphatic carbocycles. The Balaban J connectivity index is 1.60. The average Bonchev–Trinajstić information content (AvgIpc) is 3.48. The van der Waals surface area contributed by atoms with Gasteiger partial charge in [-0.25, -0.2) is 0 Å². The number of hydrogen-bond acceptors (Lipinski definition) is 4. The summed E-state index contributed by atoms with van der Waals surface area (Å²) in [6.07, 6.45) is 12.4. The molecule has 0 unspecified atom stereocenters. The van der Waals surface area contributed by atoms with Crippen LogP contribution < -0.4 is 10.9 Å². The van der Waals surface area contributed by atoms with Gasteiger partial charge in [0.25, 0.3) is 0 Å². The summed E-state index contributed by atoms with van der Waals surface area (Å²) in [5.74, 6) is 0. The first-order chi connectivity index (χ1) is 20.7. The molecular weight excluding hydrogens is 542 g/mol. The van der Waals surface area contributed by atoms with Crippen LogP contribution in [0.3, 0.4) is 0 Å². The van der Waals surface area contributed by atoms with Gasteiger partial charge in [-0.3, -0.25) is 0 Å². The van der Waals surface area contributed by atoms with Gasteiger partial charge in [0.2, 0.25) is 0 Å². The van der Waals surface area contributed by atoms with Gasteiger partial charge in [-0.1, -0.05) is 94.3 Å². The molecular formula is C38H56B2O4. The molecule has 0 atom stereocenters. The van der Waals surface area contributed by atoms with Crippen LogP contribution in [0, 0.1) is 0 Å². The molecule has 5 rings (SSSR count). The number of hydrogen-bond donors (Lipinski definition) is 0. The summed E-state index contributed by atoms with van der Waals surface area (Å²) in [4.78, 5) is 0. The summed E-state index contributed by atoms with van der Waals surface area (Å²) < 4.78 is 26.1. The van der Waals surface area contributed by atoms with Crippen molar-refractivity contribution in [2.24, 2.45) is 0 Å². The van der Waals surface area contributed by atoms with E-state index < -0.39 is 0 Å². The van der Waals surface area contributed by atoms with E-state index in [1.807, 2.05) is 0 Å². The van der Waals surface area contributed by atoms with Crippen LogP contribution in [0.2, 0.25) is 0 Å². The van der Waals surface area contributed by atoms with E-state index in [-0.39, 0.29) is 36.6 Å². The van der Waals surface area contributed by atoms with Gasteiger partial charge in [-0.05, 0) is 120 Å². The molecule has 6 heteroatoms. The van der Waals surface area contributed by atoms with E-state index in [0.29, 0.717) is 0 Å². The molecule has 0 aromatic heterocycles. The predicted molar refractivity (Wildman–Crippen MR) is 187 cm³/mol. The van der Waals surface area contributed by atoms with E-state index >= 15 is 0 Å². The van der Waals surface area contributed by atoms with Crippen LogP contribution in [0.4, 0.5) is 0 Å². The Morgan fingerprint density at radius 2 is 0.864 bits per heavy atom. The molecule has 2 aliphatic heterocycles. The molecule has 0 spiro atoms. The lowest BCUT2D eigenvalue weighted by atomic mass is 9.76. The fraction of sp³-hybridized carbons (Fsp3) is 0.632. The second kappa shape index (κ2) is 12.7. The van der Waals surface area contributed by atoms with Gasteiger partial charge in [0.05, 0.1) is 22.4 Å². The summed E-state index contributed by atoms with van der Waals surface area (Å²) in [6.45, 7) is 21.6. The maximum atomic E-state index is 6.52. The van der Waals surface area contributed by atoms with E-state index in [9.17, 15) is 0 Å². The summed E-state index contributed by atoms with van der Waals surface area (Å²) in [5.41, 5.74) is 8.93. The fourth-order valence-electron chi connectivity index (χ4n) is 6.69. The largest absolute Gasteiger partial charge is 0.494 e. The maximum Gasteiger partial charge on any atom is 0.494 e. The lowest BCUT2D eigenvalue weighted by molar-refractivity contribution is 0.00578. The van der Waals surface area contributed by atoms with Gasteiger partial charge in [-0.2, -0.15) is 0 Å². The number of benzene rings is 2. The Bertz CT molecular complexity index is 1240. The minimum Gasteiger partial charge on any atom is -0.399 e. The topological polar surface area (TPSA) is 36.9 Å². The van der Waals surface area contributed by atoms with E-state index in [1.165, 1.54) is 79.2 Å². The molecule has 2 aromatic carbocycles. The van der Waals surface area contributed by atoms with Gasteiger partial charge in [0.1, 0.15) is 0 Å². The molecule has 44 heavy (non-hydrogen) atoms. The Morgan fingerprint density at radius 3 is 1.20 bits per heavy atom. The number of allylic oxidation sites excluding steroid dienone is 1. The molecule has 0 radical (unpaired) electrons. The highest BCUT2D eigenvalue weighted by Gasteiger charge is 2.53. The van der Waals surface area contributed by atoms with Crippen LogP contribution in [-0.4, -0.2) is 36.6 Å². The predicted octanol–water partition coefficient (Wildman–Crippen LogP) is 9.01.